The lowest BCUT2D eigenvalue weighted by Crippen LogP contribution is -2.26. The van der Waals surface area contributed by atoms with Crippen LogP contribution in [0.15, 0.2) is 18.2 Å². The summed E-state index contributed by atoms with van der Waals surface area (Å²) in [6.45, 7) is 5.85. The predicted octanol–water partition coefficient (Wildman–Crippen LogP) is 3.77. The first-order chi connectivity index (χ1) is 8.73. The molecule has 0 aliphatic carbocycles. The second-order valence-corrected chi connectivity index (χ2v) is 6.21. The topological polar surface area (TPSA) is 52.3 Å². The molecule has 0 aromatic heterocycles. The summed E-state index contributed by atoms with van der Waals surface area (Å²) in [6, 6.07) is 5.28. The van der Waals surface area contributed by atoms with E-state index in [1.807, 2.05) is 26.8 Å². The number of nitrogens with two attached hydrogens (primary N) is 1. The Morgan fingerprint density at radius 2 is 1.95 bits per heavy atom. The van der Waals surface area contributed by atoms with Gasteiger partial charge in [-0.1, -0.05) is 29.3 Å². The number of benzene rings is 1. The molecule has 0 bridgehead atoms. The lowest BCUT2D eigenvalue weighted by atomic mass is 9.96. The van der Waals surface area contributed by atoms with Crippen LogP contribution in [0.5, 0.6) is 0 Å². The van der Waals surface area contributed by atoms with Crippen molar-refractivity contribution >= 4 is 29.2 Å². The molecule has 0 saturated carbocycles. The van der Waals surface area contributed by atoms with E-state index in [9.17, 15) is 4.79 Å². The molecule has 1 aromatic rings. The van der Waals surface area contributed by atoms with Crippen molar-refractivity contribution in [1.29, 1.82) is 0 Å². The van der Waals surface area contributed by atoms with Crippen LogP contribution in [0, 0.1) is 0 Å². The van der Waals surface area contributed by atoms with Crippen molar-refractivity contribution in [3.05, 3.63) is 33.8 Å². The highest BCUT2D eigenvalue weighted by Gasteiger charge is 2.21. The van der Waals surface area contributed by atoms with Crippen LogP contribution < -0.4 is 5.73 Å². The number of hydrogen-bond donors (Lipinski definition) is 1. The lowest BCUT2D eigenvalue weighted by Gasteiger charge is -2.22. The Hall–Kier alpha value is -0.770. The van der Waals surface area contributed by atoms with Crippen molar-refractivity contribution in [2.45, 2.75) is 38.7 Å². The van der Waals surface area contributed by atoms with E-state index >= 15 is 0 Å². The van der Waals surface area contributed by atoms with Gasteiger partial charge in [-0.25, -0.2) is 0 Å². The minimum Gasteiger partial charge on any atom is -0.460 e. The van der Waals surface area contributed by atoms with Crippen molar-refractivity contribution in [2.75, 3.05) is 6.54 Å². The molecule has 1 aromatic carbocycles. The number of halogens is 2. The summed E-state index contributed by atoms with van der Waals surface area (Å²) in [6.07, 6.45) is 0.228. The molecule has 5 heteroatoms. The monoisotopic (exact) mass is 303 g/mol. The van der Waals surface area contributed by atoms with E-state index in [1.165, 1.54) is 0 Å². The average Bonchev–Trinajstić information content (AvgIpc) is 2.27. The Morgan fingerprint density at radius 1 is 1.32 bits per heavy atom. The van der Waals surface area contributed by atoms with Crippen molar-refractivity contribution in [2.24, 2.45) is 5.73 Å². The van der Waals surface area contributed by atoms with Gasteiger partial charge in [0, 0.05) is 5.92 Å². The summed E-state index contributed by atoms with van der Waals surface area (Å²) in [7, 11) is 0. The molecule has 0 radical (unpaired) electrons. The van der Waals surface area contributed by atoms with Crippen LogP contribution >= 0.6 is 23.2 Å². The Bertz CT molecular complexity index is 455. The van der Waals surface area contributed by atoms with Gasteiger partial charge in [0.1, 0.15) is 5.60 Å². The van der Waals surface area contributed by atoms with Gasteiger partial charge in [0.15, 0.2) is 0 Å². The molecular weight excluding hydrogens is 285 g/mol. The number of esters is 1. The maximum atomic E-state index is 11.8. The van der Waals surface area contributed by atoms with E-state index in [0.717, 1.165) is 5.56 Å². The summed E-state index contributed by atoms with van der Waals surface area (Å²) < 4.78 is 5.29. The third-order valence-corrected chi connectivity index (χ3v) is 3.27. The summed E-state index contributed by atoms with van der Waals surface area (Å²) in [5, 5.41) is 0.945. The predicted molar refractivity (Wildman–Crippen MR) is 78.7 cm³/mol. The Labute approximate surface area is 124 Å². The third kappa shape index (κ3) is 5.39. The van der Waals surface area contributed by atoms with E-state index in [-0.39, 0.29) is 18.3 Å². The van der Waals surface area contributed by atoms with Crippen LogP contribution in [0.4, 0.5) is 0 Å². The number of carbonyl (C=O) groups is 1. The number of rotatable bonds is 4. The molecule has 1 atom stereocenters. The minimum atomic E-state index is -0.492. The molecule has 19 heavy (non-hydrogen) atoms. The molecule has 1 rings (SSSR count). The normalized spacial score (nSPS) is 13.2. The molecule has 0 heterocycles. The fraction of sp³-hybridized carbons (Fsp3) is 0.500. The van der Waals surface area contributed by atoms with Crippen molar-refractivity contribution in [3.63, 3.8) is 0 Å². The highest BCUT2D eigenvalue weighted by Crippen LogP contribution is 2.28. The molecule has 0 saturated heterocycles. The molecule has 3 nitrogen and oxygen atoms in total. The lowest BCUT2D eigenvalue weighted by molar-refractivity contribution is -0.155. The zero-order valence-electron chi connectivity index (χ0n) is 11.4. The van der Waals surface area contributed by atoms with Gasteiger partial charge >= 0.3 is 5.97 Å². The minimum absolute atomic E-state index is 0.121. The van der Waals surface area contributed by atoms with Gasteiger partial charge in [0.25, 0.3) is 0 Å². The van der Waals surface area contributed by atoms with Gasteiger partial charge in [-0.15, -0.1) is 0 Å². The molecule has 0 aliphatic rings. The standard InChI is InChI=1S/C14H19Cl2NO2/c1-14(2,3)19-13(18)7-10(8-17)9-4-5-11(15)12(16)6-9/h4-6,10H,7-8,17H2,1-3H3. The number of carbonyl (C=O) groups excluding carboxylic acids is 1. The van der Waals surface area contributed by atoms with Crippen molar-refractivity contribution < 1.29 is 9.53 Å². The van der Waals surface area contributed by atoms with Gasteiger partial charge in [-0.05, 0) is 45.0 Å². The van der Waals surface area contributed by atoms with Gasteiger partial charge in [0.05, 0.1) is 16.5 Å². The quantitative estimate of drug-likeness (QED) is 0.862. The second kappa shape index (κ2) is 6.60. The summed E-state index contributed by atoms with van der Waals surface area (Å²) >= 11 is 11.8. The van der Waals surface area contributed by atoms with Crippen LogP contribution in [0.3, 0.4) is 0 Å². The molecule has 0 aliphatic heterocycles. The fourth-order valence-corrected chi connectivity index (χ4v) is 1.99. The van der Waals surface area contributed by atoms with Crippen molar-refractivity contribution in [1.82, 2.24) is 0 Å². The van der Waals surface area contributed by atoms with E-state index in [0.29, 0.717) is 16.6 Å². The first kappa shape index (κ1) is 16.3. The van der Waals surface area contributed by atoms with Gasteiger partial charge in [-0.2, -0.15) is 0 Å². The molecule has 0 amide bonds. The molecule has 106 valence electrons. The largest absolute Gasteiger partial charge is 0.460 e. The molecular formula is C14H19Cl2NO2. The van der Waals surface area contributed by atoms with E-state index < -0.39 is 5.60 Å². The highest BCUT2D eigenvalue weighted by atomic mass is 35.5. The fourth-order valence-electron chi connectivity index (χ4n) is 1.69. The van der Waals surface area contributed by atoms with Gasteiger partial charge < -0.3 is 10.5 Å². The maximum Gasteiger partial charge on any atom is 0.306 e. The summed E-state index contributed by atoms with van der Waals surface area (Å²) in [5.41, 5.74) is 6.12. The second-order valence-electron chi connectivity index (χ2n) is 5.40. The first-order valence-electron chi connectivity index (χ1n) is 6.10. The Morgan fingerprint density at radius 3 is 2.42 bits per heavy atom. The van der Waals surface area contributed by atoms with Crippen LogP contribution in [0.25, 0.3) is 0 Å². The summed E-state index contributed by atoms with van der Waals surface area (Å²) in [5.74, 6) is -0.390. The molecule has 0 fully saturated rings. The number of ether oxygens (including phenoxy) is 1. The smallest absolute Gasteiger partial charge is 0.306 e. The van der Waals surface area contributed by atoms with Crippen LogP contribution in [0.2, 0.25) is 10.0 Å². The van der Waals surface area contributed by atoms with Gasteiger partial charge in [-0.3, -0.25) is 4.79 Å². The SMILES string of the molecule is CC(C)(C)OC(=O)CC(CN)c1ccc(Cl)c(Cl)c1. The van der Waals surface area contributed by atoms with Gasteiger partial charge in [0.2, 0.25) is 0 Å². The van der Waals surface area contributed by atoms with Crippen LogP contribution in [-0.2, 0) is 9.53 Å². The molecule has 1 unspecified atom stereocenters. The molecule has 2 N–H and O–H groups in total. The van der Waals surface area contributed by atoms with Crippen LogP contribution in [0.1, 0.15) is 38.7 Å². The Kier molecular flexibility index (Phi) is 5.65. The third-order valence-electron chi connectivity index (χ3n) is 2.53. The van der Waals surface area contributed by atoms with E-state index in [4.69, 9.17) is 33.7 Å². The Balaban J connectivity index is 2.78. The zero-order valence-corrected chi connectivity index (χ0v) is 12.9. The average molecular weight is 304 g/mol. The number of hydrogen-bond acceptors (Lipinski definition) is 3. The maximum absolute atomic E-state index is 11.8. The van der Waals surface area contributed by atoms with Crippen LogP contribution in [-0.4, -0.2) is 18.1 Å². The molecule has 0 spiro atoms. The highest BCUT2D eigenvalue weighted by molar-refractivity contribution is 6.42. The van der Waals surface area contributed by atoms with E-state index in [2.05, 4.69) is 0 Å². The first-order valence-corrected chi connectivity index (χ1v) is 6.85. The van der Waals surface area contributed by atoms with E-state index in [1.54, 1.807) is 12.1 Å². The van der Waals surface area contributed by atoms with Crippen molar-refractivity contribution in [3.8, 4) is 0 Å². The zero-order chi connectivity index (χ0) is 14.6. The summed E-state index contributed by atoms with van der Waals surface area (Å²) in [4.78, 5) is 11.8.